The molecule has 0 saturated carbocycles. The van der Waals surface area contributed by atoms with E-state index in [1.807, 2.05) is 6.07 Å². The Balaban J connectivity index is 2.09. The molecular formula is C15H23N3O. The van der Waals surface area contributed by atoms with Gasteiger partial charge in [-0.25, -0.2) is 0 Å². The zero-order valence-electron chi connectivity index (χ0n) is 11.7. The van der Waals surface area contributed by atoms with Gasteiger partial charge in [0.1, 0.15) is 0 Å². The number of carbonyl (C=O) groups is 1. The Morgan fingerprint density at radius 1 is 1.42 bits per heavy atom. The Kier molecular flexibility index (Phi) is 4.10. The van der Waals surface area contributed by atoms with E-state index in [0.717, 1.165) is 24.6 Å². The van der Waals surface area contributed by atoms with Gasteiger partial charge >= 0.3 is 0 Å². The number of benzene rings is 1. The van der Waals surface area contributed by atoms with Gasteiger partial charge in [0, 0.05) is 23.8 Å². The molecule has 2 unspecified atom stereocenters. The highest BCUT2D eigenvalue weighted by Crippen LogP contribution is 2.25. The maximum absolute atomic E-state index is 11.1. The van der Waals surface area contributed by atoms with E-state index in [-0.39, 0.29) is 0 Å². The predicted octanol–water partition coefficient (Wildman–Crippen LogP) is 1.99. The molecule has 1 aromatic carbocycles. The van der Waals surface area contributed by atoms with Gasteiger partial charge in [0.2, 0.25) is 5.91 Å². The zero-order chi connectivity index (χ0) is 14.0. The molecule has 1 heterocycles. The fraction of sp³-hybridized carbons (Fsp3) is 0.533. The number of rotatable bonds is 3. The summed E-state index contributed by atoms with van der Waals surface area (Å²) in [7, 11) is 0. The zero-order valence-corrected chi connectivity index (χ0v) is 11.7. The fourth-order valence-electron chi connectivity index (χ4n) is 2.80. The average molecular weight is 261 g/mol. The monoisotopic (exact) mass is 261 g/mol. The number of hydrogen-bond acceptors (Lipinski definition) is 3. The molecule has 0 radical (unpaired) electrons. The number of primary amides is 1. The summed E-state index contributed by atoms with van der Waals surface area (Å²) in [6.45, 7) is 6.53. The first kappa shape index (κ1) is 13.9. The molecule has 2 rings (SSSR count). The topological polar surface area (TPSA) is 72.3 Å². The quantitative estimate of drug-likeness (QED) is 0.817. The van der Waals surface area contributed by atoms with Crippen LogP contribution < -0.4 is 11.5 Å². The highest BCUT2D eigenvalue weighted by Gasteiger charge is 2.23. The van der Waals surface area contributed by atoms with E-state index in [1.54, 1.807) is 12.1 Å². The number of nitrogens with two attached hydrogens (primary N) is 2. The van der Waals surface area contributed by atoms with Crippen LogP contribution in [0.1, 0.15) is 42.6 Å². The van der Waals surface area contributed by atoms with Crippen LogP contribution in [0.2, 0.25) is 0 Å². The van der Waals surface area contributed by atoms with Crippen LogP contribution in [-0.2, 0) is 6.54 Å². The molecule has 0 aromatic heterocycles. The first-order valence-electron chi connectivity index (χ1n) is 6.89. The Morgan fingerprint density at radius 3 is 2.74 bits per heavy atom. The summed E-state index contributed by atoms with van der Waals surface area (Å²) in [5.41, 5.74) is 13.5. The Bertz CT molecular complexity index is 472. The number of nitrogen functional groups attached to an aromatic ring is 1. The largest absolute Gasteiger partial charge is 0.398 e. The summed E-state index contributed by atoms with van der Waals surface area (Å²) in [5, 5.41) is 0. The third-order valence-corrected chi connectivity index (χ3v) is 4.08. The molecule has 104 valence electrons. The number of hydrogen-bond donors (Lipinski definition) is 2. The van der Waals surface area contributed by atoms with Gasteiger partial charge in [-0.2, -0.15) is 0 Å². The second-order valence-electron chi connectivity index (χ2n) is 5.73. The van der Waals surface area contributed by atoms with E-state index in [4.69, 9.17) is 11.5 Å². The smallest absolute Gasteiger partial charge is 0.248 e. The lowest BCUT2D eigenvalue weighted by Crippen LogP contribution is -2.39. The minimum absolute atomic E-state index is 0.432. The molecule has 0 aliphatic carbocycles. The summed E-state index contributed by atoms with van der Waals surface area (Å²) < 4.78 is 0. The summed E-state index contributed by atoms with van der Waals surface area (Å²) in [4.78, 5) is 13.6. The molecule has 1 aliphatic heterocycles. The molecule has 1 saturated heterocycles. The van der Waals surface area contributed by atoms with Crippen molar-refractivity contribution < 1.29 is 4.79 Å². The SMILES string of the molecule is CC1CCN(Cc2ccc(C(N)=O)cc2N)C(C)C1. The van der Waals surface area contributed by atoms with Crippen molar-refractivity contribution in [1.29, 1.82) is 0 Å². The first-order chi connectivity index (χ1) is 8.97. The molecular weight excluding hydrogens is 238 g/mol. The Hall–Kier alpha value is -1.55. The van der Waals surface area contributed by atoms with Crippen molar-refractivity contribution in [3.8, 4) is 0 Å². The lowest BCUT2D eigenvalue weighted by atomic mass is 9.93. The number of amides is 1. The number of likely N-dealkylation sites (tertiary alicyclic amines) is 1. The minimum atomic E-state index is -0.432. The van der Waals surface area contributed by atoms with Crippen LogP contribution in [0.4, 0.5) is 5.69 Å². The van der Waals surface area contributed by atoms with Gasteiger partial charge in [-0.05, 0) is 49.9 Å². The van der Waals surface area contributed by atoms with Crippen molar-refractivity contribution in [2.45, 2.75) is 39.3 Å². The van der Waals surface area contributed by atoms with Crippen molar-refractivity contribution in [2.24, 2.45) is 11.7 Å². The van der Waals surface area contributed by atoms with E-state index in [2.05, 4.69) is 18.7 Å². The third-order valence-electron chi connectivity index (χ3n) is 4.08. The molecule has 4 N–H and O–H groups in total. The second-order valence-corrected chi connectivity index (χ2v) is 5.73. The number of piperidine rings is 1. The fourth-order valence-corrected chi connectivity index (χ4v) is 2.80. The van der Waals surface area contributed by atoms with Gasteiger partial charge < -0.3 is 11.5 Å². The van der Waals surface area contributed by atoms with Gasteiger partial charge in [0.05, 0.1) is 0 Å². The Morgan fingerprint density at radius 2 is 2.16 bits per heavy atom. The maximum atomic E-state index is 11.1. The van der Waals surface area contributed by atoms with Crippen molar-refractivity contribution in [3.05, 3.63) is 29.3 Å². The van der Waals surface area contributed by atoms with E-state index in [9.17, 15) is 4.79 Å². The van der Waals surface area contributed by atoms with Crippen molar-refractivity contribution in [2.75, 3.05) is 12.3 Å². The van der Waals surface area contributed by atoms with E-state index >= 15 is 0 Å². The lowest BCUT2D eigenvalue weighted by molar-refractivity contribution is 0.1000. The van der Waals surface area contributed by atoms with Crippen LogP contribution >= 0.6 is 0 Å². The molecule has 2 atom stereocenters. The van der Waals surface area contributed by atoms with Crippen LogP contribution in [0.3, 0.4) is 0 Å². The number of carbonyl (C=O) groups excluding carboxylic acids is 1. The van der Waals surface area contributed by atoms with Crippen LogP contribution in [0.5, 0.6) is 0 Å². The van der Waals surface area contributed by atoms with Crippen LogP contribution in [0, 0.1) is 5.92 Å². The highest BCUT2D eigenvalue weighted by molar-refractivity contribution is 5.93. The van der Waals surface area contributed by atoms with Crippen LogP contribution in [0.25, 0.3) is 0 Å². The predicted molar refractivity (Wildman–Crippen MR) is 77.6 cm³/mol. The Labute approximate surface area is 114 Å². The normalized spacial score (nSPS) is 24.3. The molecule has 1 fully saturated rings. The first-order valence-corrected chi connectivity index (χ1v) is 6.89. The van der Waals surface area contributed by atoms with Gasteiger partial charge in [0.25, 0.3) is 0 Å². The number of anilines is 1. The van der Waals surface area contributed by atoms with Gasteiger partial charge in [0.15, 0.2) is 0 Å². The van der Waals surface area contributed by atoms with E-state index in [1.165, 1.54) is 12.8 Å². The summed E-state index contributed by atoms with van der Waals surface area (Å²) in [6.07, 6.45) is 2.48. The second kappa shape index (κ2) is 5.61. The summed E-state index contributed by atoms with van der Waals surface area (Å²) in [6, 6.07) is 5.93. The van der Waals surface area contributed by atoms with Gasteiger partial charge in [-0.15, -0.1) is 0 Å². The maximum Gasteiger partial charge on any atom is 0.248 e. The molecule has 0 spiro atoms. The summed E-state index contributed by atoms with van der Waals surface area (Å²) >= 11 is 0. The standard InChI is InChI=1S/C15H23N3O/c1-10-5-6-18(11(2)7-10)9-13-4-3-12(15(17)19)8-14(13)16/h3-4,8,10-11H,5-7,9,16H2,1-2H3,(H2,17,19). The summed E-state index contributed by atoms with van der Waals surface area (Å²) in [5.74, 6) is 0.374. The van der Waals surface area contributed by atoms with E-state index < -0.39 is 5.91 Å². The van der Waals surface area contributed by atoms with E-state index in [0.29, 0.717) is 17.3 Å². The third kappa shape index (κ3) is 3.26. The highest BCUT2D eigenvalue weighted by atomic mass is 16.1. The van der Waals surface area contributed by atoms with Crippen molar-refractivity contribution in [3.63, 3.8) is 0 Å². The molecule has 1 amide bonds. The molecule has 4 nitrogen and oxygen atoms in total. The molecule has 1 aliphatic rings. The number of nitrogens with zero attached hydrogens (tertiary/aromatic N) is 1. The molecule has 0 bridgehead atoms. The van der Waals surface area contributed by atoms with Crippen molar-refractivity contribution in [1.82, 2.24) is 4.90 Å². The van der Waals surface area contributed by atoms with Crippen LogP contribution in [-0.4, -0.2) is 23.4 Å². The molecule has 4 heteroatoms. The average Bonchev–Trinajstić information content (AvgIpc) is 2.34. The van der Waals surface area contributed by atoms with Crippen LogP contribution in [0.15, 0.2) is 18.2 Å². The van der Waals surface area contributed by atoms with Gasteiger partial charge in [-0.3, -0.25) is 9.69 Å². The van der Waals surface area contributed by atoms with Crippen molar-refractivity contribution >= 4 is 11.6 Å². The van der Waals surface area contributed by atoms with Gasteiger partial charge in [-0.1, -0.05) is 13.0 Å². The molecule has 1 aromatic rings. The lowest BCUT2D eigenvalue weighted by Gasteiger charge is -2.36. The minimum Gasteiger partial charge on any atom is -0.398 e. The molecule has 19 heavy (non-hydrogen) atoms.